The number of carbonyl (C=O) groups excluding carboxylic acids is 1. The van der Waals surface area contributed by atoms with Crippen LogP contribution in [-0.4, -0.2) is 51.6 Å². The highest BCUT2D eigenvalue weighted by Gasteiger charge is 2.28. The van der Waals surface area contributed by atoms with Crippen LogP contribution in [0, 0.1) is 11.6 Å². The molecule has 0 unspecified atom stereocenters. The molecule has 1 amide bonds. The summed E-state index contributed by atoms with van der Waals surface area (Å²) in [5.41, 5.74) is 6.63. The van der Waals surface area contributed by atoms with Crippen LogP contribution < -0.4 is 11.1 Å². The normalized spacial score (nSPS) is 15.8. The highest BCUT2D eigenvalue weighted by atomic mass is 19.2. The van der Waals surface area contributed by atoms with Crippen LogP contribution in [0.25, 0.3) is 10.9 Å². The number of nitrogens with zero attached hydrogens (tertiary/aromatic N) is 3. The summed E-state index contributed by atoms with van der Waals surface area (Å²) in [6.45, 7) is 1.44. The van der Waals surface area contributed by atoms with Gasteiger partial charge in [-0.05, 0) is 29.8 Å². The van der Waals surface area contributed by atoms with Gasteiger partial charge in [-0.15, -0.1) is 0 Å². The van der Waals surface area contributed by atoms with Gasteiger partial charge in [-0.1, -0.05) is 12.1 Å². The summed E-state index contributed by atoms with van der Waals surface area (Å²) >= 11 is 0. The lowest BCUT2D eigenvalue weighted by Gasteiger charge is -2.38. The Morgan fingerprint density at radius 1 is 1.24 bits per heavy atom. The number of hydrogen-bond donors (Lipinski definition) is 3. The summed E-state index contributed by atoms with van der Waals surface area (Å²) in [4.78, 5) is 22.1. The molecule has 2 heterocycles. The van der Waals surface area contributed by atoms with E-state index in [1.54, 1.807) is 18.2 Å². The van der Waals surface area contributed by atoms with Crippen LogP contribution >= 0.6 is 0 Å². The topological polar surface area (TPSA) is 104 Å². The summed E-state index contributed by atoms with van der Waals surface area (Å²) in [5.74, 6) is -2.03. The maximum absolute atomic E-state index is 13.8. The fourth-order valence-electron chi connectivity index (χ4n) is 3.48. The third kappa shape index (κ3) is 3.87. The number of β-amino-alcohol motifs (C(OH)–C–C–N with tert-alkyl or cyclic N) is 1. The lowest BCUT2D eigenvalue weighted by molar-refractivity contribution is 0.0000779. The highest BCUT2D eigenvalue weighted by Crippen LogP contribution is 2.28. The largest absolute Gasteiger partial charge is 0.390 e. The highest BCUT2D eigenvalue weighted by molar-refractivity contribution is 6.06. The van der Waals surface area contributed by atoms with E-state index in [1.165, 1.54) is 12.4 Å². The van der Waals surface area contributed by atoms with E-state index in [4.69, 9.17) is 5.73 Å². The molecule has 1 aliphatic rings. The average molecular weight is 399 g/mol. The minimum atomic E-state index is -0.943. The van der Waals surface area contributed by atoms with Crippen LogP contribution in [0.5, 0.6) is 0 Å². The quantitative estimate of drug-likeness (QED) is 0.584. The monoisotopic (exact) mass is 399 g/mol. The lowest BCUT2D eigenvalue weighted by atomic mass is 10.0. The Hall–Kier alpha value is -3.17. The number of aliphatic hydroxyl groups is 1. The van der Waals surface area contributed by atoms with Gasteiger partial charge in [-0.2, -0.15) is 0 Å². The van der Waals surface area contributed by atoms with Crippen LogP contribution in [0.3, 0.4) is 0 Å². The second kappa shape index (κ2) is 7.69. The number of primary amides is 1. The molecule has 1 saturated heterocycles. The molecule has 1 atom stereocenters. The van der Waals surface area contributed by atoms with Crippen LogP contribution in [0.15, 0.2) is 42.7 Å². The molecule has 1 aromatic heterocycles. The van der Waals surface area contributed by atoms with Gasteiger partial charge in [0.05, 0.1) is 23.2 Å². The molecule has 29 heavy (non-hydrogen) atoms. The van der Waals surface area contributed by atoms with Crippen molar-refractivity contribution < 1.29 is 18.7 Å². The first-order valence-electron chi connectivity index (χ1n) is 9.08. The number of carbonyl (C=O) groups is 1. The number of nitrogens with two attached hydrogens (primary N) is 1. The minimum absolute atomic E-state index is 0.267. The molecule has 2 aromatic carbocycles. The molecule has 0 saturated carbocycles. The Morgan fingerprint density at radius 2 is 2.03 bits per heavy atom. The van der Waals surface area contributed by atoms with Crippen molar-refractivity contribution in [1.29, 1.82) is 0 Å². The molecule has 7 nitrogen and oxygen atoms in total. The van der Waals surface area contributed by atoms with Gasteiger partial charge in [-0.25, -0.2) is 18.7 Å². The molecule has 150 valence electrons. The zero-order valence-electron chi connectivity index (χ0n) is 15.3. The molecule has 9 heteroatoms. The Kier molecular flexibility index (Phi) is 5.08. The van der Waals surface area contributed by atoms with Crippen molar-refractivity contribution in [2.24, 2.45) is 5.73 Å². The summed E-state index contributed by atoms with van der Waals surface area (Å²) < 4.78 is 27.2. The number of halogens is 2. The van der Waals surface area contributed by atoms with Crippen LogP contribution in [0.4, 0.5) is 14.6 Å². The summed E-state index contributed by atoms with van der Waals surface area (Å²) in [6, 6.07) is 8.29. The zero-order chi connectivity index (χ0) is 20.5. The first-order valence-corrected chi connectivity index (χ1v) is 9.08. The Morgan fingerprint density at radius 3 is 2.72 bits per heavy atom. The Bertz CT molecular complexity index is 1070. The molecule has 3 aromatic rings. The number of aliphatic hydroxyl groups excluding tert-OH is 1. The lowest BCUT2D eigenvalue weighted by Crippen LogP contribution is -2.52. The minimum Gasteiger partial charge on any atom is -0.390 e. The van der Waals surface area contributed by atoms with Crippen LogP contribution in [-0.2, 0) is 0 Å². The molecule has 0 aliphatic carbocycles. The summed E-state index contributed by atoms with van der Waals surface area (Å²) in [5, 5.41) is 13.4. The zero-order valence-corrected chi connectivity index (χ0v) is 15.3. The van der Waals surface area contributed by atoms with Crippen molar-refractivity contribution in [3.8, 4) is 0 Å². The van der Waals surface area contributed by atoms with Gasteiger partial charge in [0.1, 0.15) is 12.1 Å². The van der Waals surface area contributed by atoms with Crippen LogP contribution in [0.2, 0.25) is 0 Å². The third-order valence-electron chi connectivity index (χ3n) is 4.97. The van der Waals surface area contributed by atoms with E-state index in [9.17, 15) is 18.7 Å². The SMILES string of the molecule is NC(=O)c1cccc2c(N[C@H](CN3CC(O)C3)c3ccc(F)c(F)c3)ncnc12. The smallest absolute Gasteiger partial charge is 0.250 e. The number of aromatic nitrogens is 2. The fourth-order valence-corrected chi connectivity index (χ4v) is 3.48. The van der Waals surface area contributed by atoms with Gasteiger partial charge in [0.25, 0.3) is 5.91 Å². The van der Waals surface area contributed by atoms with Crippen molar-refractivity contribution in [2.45, 2.75) is 12.1 Å². The predicted molar refractivity (Wildman–Crippen MR) is 103 cm³/mol. The van der Waals surface area contributed by atoms with Gasteiger partial charge >= 0.3 is 0 Å². The molecular weight excluding hydrogens is 380 g/mol. The van der Waals surface area contributed by atoms with Crippen molar-refractivity contribution in [1.82, 2.24) is 14.9 Å². The van der Waals surface area contributed by atoms with Gasteiger partial charge < -0.3 is 16.2 Å². The molecule has 0 spiro atoms. The van der Waals surface area contributed by atoms with Gasteiger partial charge in [0, 0.05) is 25.0 Å². The van der Waals surface area contributed by atoms with E-state index in [1.807, 2.05) is 4.90 Å². The number of anilines is 1. The van der Waals surface area contributed by atoms with E-state index in [0.717, 1.165) is 12.1 Å². The molecule has 0 bridgehead atoms. The standard InChI is InChI=1S/C20H19F2N5O2/c21-15-5-4-11(6-16(15)22)17(9-27-7-12(28)8-27)26-20-14-3-1-2-13(19(23)29)18(14)24-10-25-20/h1-6,10,12,17,28H,7-9H2,(H2,23,29)(H,24,25,26)/t17-/m1/s1. The van der Waals surface area contributed by atoms with E-state index in [-0.39, 0.29) is 5.56 Å². The molecule has 4 rings (SSSR count). The van der Waals surface area contributed by atoms with Gasteiger partial charge in [0.15, 0.2) is 11.6 Å². The van der Waals surface area contributed by atoms with E-state index in [0.29, 0.717) is 41.9 Å². The van der Waals surface area contributed by atoms with Gasteiger partial charge in [0.2, 0.25) is 0 Å². The number of amides is 1. The Balaban J connectivity index is 1.71. The fraction of sp³-hybridized carbons (Fsp3) is 0.250. The number of hydrogen-bond acceptors (Lipinski definition) is 6. The maximum Gasteiger partial charge on any atom is 0.250 e. The molecule has 0 radical (unpaired) electrons. The van der Waals surface area contributed by atoms with E-state index >= 15 is 0 Å². The first kappa shape index (κ1) is 19.2. The van der Waals surface area contributed by atoms with Gasteiger partial charge in [-0.3, -0.25) is 9.69 Å². The average Bonchev–Trinajstić information content (AvgIpc) is 2.68. The van der Waals surface area contributed by atoms with Crippen molar-refractivity contribution in [2.75, 3.05) is 25.0 Å². The number of nitrogens with one attached hydrogen (secondary N) is 1. The van der Waals surface area contributed by atoms with Crippen LogP contribution in [0.1, 0.15) is 22.0 Å². The molecule has 1 aliphatic heterocycles. The third-order valence-corrected chi connectivity index (χ3v) is 4.97. The molecular formula is C20H19F2N5O2. The van der Waals surface area contributed by atoms with Crippen molar-refractivity contribution in [3.05, 3.63) is 65.5 Å². The summed E-state index contributed by atoms with van der Waals surface area (Å²) in [7, 11) is 0. The van der Waals surface area contributed by atoms with E-state index < -0.39 is 29.7 Å². The number of fused-ring (bicyclic) bond motifs is 1. The number of benzene rings is 2. The first-order chi connectivity index (χ1) is 13.9. The van der Waals surface area contributed by atoms with Crippen molar-refractivity contribution >= 4 is 22.6 Å². The number of rotatable bonds is 6. The predicted octanol–water partition coefficient (Wildman–Crippen LogP) is 1.84. The van der Waals surface area contributed by atoms with Crippen molar-refractivity contribution in [3.63, 3.8) is 0 Å². The second-order valence-corrected chi connectivity index (χ2v) is 7.03. The van der Waals surface area contributed by atoms with E-state index in [2.05, 4.69) is 15.3 Å². The maximum atomic E-state index is 13.8. The second-order valence-electron chi connectivity index (χ2n) is 7.03. The molecule has 4 N–H and O–H groups in total. The summed E-state index contributed by atoms with van der Waals surface area (Å²) in [6.07, 6.45) is 0.922. The number of likely N-dealkylation sites (tertiary alicyclic amines) is 1. The number of para-hydroxylation sites is 1. The Labute approximate surface area is 165 Å². The molecule has 1 fully saturated rings.